The molecular formula is C18H21N3O5. The highest BCUT2D eigenvalue weighted by Gasteiger charge is 2.24. The number of piperidine rings is 1. The molecule has 0 bridgehead atoms. The fourth-order valence-electron chi connectivity index (χ4n) is 3.37. The number of rotatable bonds is 4. The topological polar surface area (TPSA) is 102 Å². The van der Waals surface area contributed by atoms with Gasteiger partial charge >= 0.3 is 12.1 Å². The maximum atomic E-state index is 12.7. The summed E-state index contributed by atoms with van der Waals surface area (Å²) in [5, 5.41) is 14.5. The summed E-state index contributed by atoms with van der Waals surface area (Å²) in [5.41, 5.74) is 0.171. The zero-order valence-electron chi connectivity index (χ0n) is 14.6. The van der Waals surface area contributed by atoms with Gasteiger partial charge in [0.2, 0.25) is 0 Å². The highest BCUT2D eigenvalue weighted by atomic mass is 16.5. The first-order chi connectivity index (χ1) is 12.5. The van der Waals surface area contributed by atoms with Crippen LogP contribution in [0.2, 0.25) is 0 Å². The van der Waals surface area contributed by atoms with E-state index in [1.807, 2.05) is 0 Å². The summed E-state index contributed by atoms with van der Waals surface area (Å²) < 4.78 is 6.10. The van der Waals surface area contributed by atoms with Crippen molar-refractivity contribution in [1.29, 1.82) is 0 Å². The van der Waals surface area contributed by atoms with Gasteiger partial charge in [0.15, 0.2) is 0 Å². The van der Waals surface area contributed by atoms with Crippen LogP contribution in [0.1, 0.15) is 18.5 Å². The van der Waals surface area contributed by atoms with Crippen LogP contribution in [0.3, 0.4) is 0 Å². The van der Waals surface area contributed by atoms with Crippen molar-refractivity contribution in [2.45, 2.75) is 25.8 Å². The third-order valence-electron chi connectivity index (χ3n) is 4.74. The highest BCUT2D eigenvalue weighted by Crippen LogP contribution is 2.20. The van der Waals surface area contributed by atoms with Crippen LogP contribution in [-0.2, 0) is 22.5 Å². The number of amides is 1. The Hall–Kier alpha value is -2.90. The molecule has 0 saturated carbocycles. The standard InChI is InChI=1S/C18H21N3O5/c1-26-18(25)20-8-6-12(7-9-20)11-21-17(24)14-5-3-2-4-13(14)15(19-21)10-16(22)23/h2-5,12H,6-11H2,1H3,(H,22,23). The number of methoxy groups -OCH3 is 1. The molecule has 8 nitrogen and oxygen atoms in total. The first kappa shape index (κ1) is 17.9. The van der Waals surface area contributed by atoms with E-state index in [2.05, 4.69) is 5.10 Å². The normalized spacial score (nSPS) is 15.2. The number of ether oxygens (including phenoxy) is 1. The lowest BCUT2D eigenvalue weighted by atomic mass is 9.97. The number of aliphatic carboxylic acids is 1. The molecule has 1 aliphatic heterocycles. The van der Waals surface area contributed by atoms with E-state index in [1.54, 1.807) is 29.2 Å². The van der Waals surface area contributed by atoms with Crippen molar-refractivity contribution < 1.29 is 19.4 Å². The molecule has 8 heteroatoms. The monoisotopic (exact) mass is 359 g/mol. The Balaban J connectivity index is 1.84. The van der Waals surface area contributed by atoms with E-state index in [-0.39, 0.29) is 24.0 Å². The Bertz CT molecular complexity index is 884. The molecule has 1 aromatic carbocycles. The second kappa shape index (κ2) is 7.55. The van der Waals surface area contributed by atoms with E-state index in [0.717, 1.165) is 12.8 Å². The molecule has 0 spiro atoms. The van der Waals surface area contributed by atoms with E-state index in [4.69, 9.17) is 9.84 Å². The van der Waals surface area contributed by atoms with Crippen molar-refractivity contribution in [3.8, 4) is 0 Å². The number of likely N-dealkylation sites (tertiary alicyclic amines) is 1. The quantitative estimate of drug-likeness (QED) is 0.888. The SMILES string of the molecule is COC(=O)N1CCC(Cn2nc(CC(=O)O)c3ccccc3c2=O)CC1. The van der Waals surface area contributed by atoms with Crippen LogP contribution < -0.4 is 5.56 Å². The molecule has 0 atom stereocenters. The molecular weight excluding hydrogens is 338 g/mol. The van der Waals surface area contributed by atoms with Crippen LogP contribution in [0.4, 0.5) is 4.79 Å². The van der Waals surface area contributed by atoms with Crippen molar-refractivity contribution in [1.82, 2.24) is 14.7 Å². The second-order valence-corrected chi connectivity index (χ2v) is 6.45. The summed E-state index contributed by atoms with van der Waals surface area (Å²) in [6.07, 6.45) is 0.907. The predicted octanol–water partition coefficient (Wildman–Crippen LogP) is 1.50. The third kappa shape index (κ3) is 3.68. The highest BCUT2D eigenvalue weighted by molar-refractivity contribution is 5.86. The van der Waals surface area contributed by atoms with Crippen LogP contribution >= 0.6 is 0 Å². The van der Waals surface area contributed by atoms with Crippen molar-refractivity contribution in [2.75, 3.05) is 20.2 Å². The molecule has 0 radical (unpaired) electrons. The summed E-state index contributed by atoms with van der Waals surface area (Å²) in [5.74, 6) is -0.792. The largest absolute Gasteiger partial charge is 0.481 e. The van der Waals surface area contributed by atoms with Gasteiger partial charge in [0.25, 0.3) is 5.56 Å². The fourth-order valence-corrected chi connectivity index (χ4v) is 3.37. The first-order valence-electron chi connectivity index (χ1n) is 8.53. The smallest absolute Gasteiger partial charge is 0.409 e. The number of carboxylic acids is 1. The molecule has 3 rings (SSSR count). The first-order valence-corrected chi connectivity index (χ1v) is 8.53. The molecule has 0 aliphatic carbocycles. The Morgan fingerprint density at radius 2 is 1.88 bits per heavy atom. The number of fused-ring (bicyclic) bond motifs is 1. The molecule has 2 heterocycles. The molecule has 1 fully saturated rings. The molecule has 1 aromatic heterocycles. The van der Waals surface area contributed by atoms with E-state index in [0.29, 0.717) is 36.1 Å². The van der Waals surface area contributed by atoms with Gasteiger partial charge in [-0.05, 0) is 24.8 Å². The van der Waals surface area contributed by atoms with Gasteiger partial charge in [0.1, 0.15) is 0 Å². The summed E-state index contributed by atoms with van der Waals surface area (Å²) in [7, 11) is 1.36. The van der Waals surface area contributed by atoms with Crippen LogP contribution in [0.5, 0.6) is 0 Å². The Morgan fingerprint density at radius 1 is 1.23 bits per heavy atom. The molecule has 138 valence electrons. The lowest BCUT2D eigenvalue weighted by Gasteiger charge is -2.31. The Kier molecular flexibility index (Phi) is 5.20. The minimum Gasteiger partial charge on any atom is -0.481 e. The Morgan fingerprint density at radius 3 is 2.50 bits per heavy atom. The Labute approximate surface area is 150 Å². The molecule has 1 saturated heterocycles. The maximum Gasteiger partial charge on any atom is 0.409 e. The van der Waals surface area contributed by atoms with Gasteiger partial charge in [-0.2, -0.15) is 5.10 Å². The number of benzene rings is 1. The van der Waals surface area contributed by atoms with Gasteiger partial charge in [-0.3, -0.25) is 9.59 Å². The number of carbonyl (C=O) groups is 2. The van der Waals surface area contributed by atoms with Crippen molar-refractivity contribution >= 4 is 22.8 Å². The molecule has 1 N–H and O–H groups in total. The fraction of sp³-hybridized carbons (Fsp3) is 0.444. The van der Waals surface area contributed by atoms with Crippen molar-refractivity contribution in [2.24, 2.45) is 5.92 Å². The lowest BCUT2D eigenvalue weighted by Crippen LogP contribution is -2.40. The van der Waals surface area contributed by atoms with Crippen molar-refractivity contribution in [3.05, 3.63) is 40.3 Å². The second-order valence-electron chi connectivity index (χ2n) is 6.45. The zero-order valence-corrected chi connectivity index (χ0v) is 14.6. The third-order valence-corrected chi connectivity index (χ3v) is 4.74. The average molecular weight is 359 g/mol. The van der Waals surface area contributed by atoms with Crippen LogP contribution in [0.15, 0.2) is 29.1 Å². The lowest BCUT2D eigenvalue weighted by molar-refractivity contribution is -0.136. The number of aromatic nitrogens is 2. The van der Waals surface area contributed by atoms with E-state index >= 15 is 0 Å². The van der Waals surface area contributed by atoms with Gasteiger partial charge < -0.3 is 14.7 Å². The summed E-state index contributed by atoms with van der Waals surface area (Å²) >= 11 is 0. The molecule has 1 aliphatic rings. The summed E-state index contributed by atoms with van der Waals surface area (Å²) in [6, 6.07) is 6.94. The number of hydrogen-bond donors (Lipinski definition) is 1. The molecule has 1 amide bonds. The zero-order chi connectivity index (χ0) is 18.7. The van der Waals surface area contributed by atoms with Crippen LogP contribution in [0.25, 0.3) is 10.8 Å². The predicted molar refractivity (Wildman–Crippen MR) is 94.0 cm³/mol. The molecule has 0 unspecified atom stereocenters. The van der Waals surface area contributed by atoms with Gasteiger partial charge in [0.05, 0.1) is 24.6 Å². The summed E-state index contributed by atoms with van der Waals surface area (Å²) in [6.45, 7) is 1.55. The van der Waals surface area contributed by atoms with Gasteiger partial charge in [-0.15, -0.1) is 0 Å². The summed E-state index contributed by atoms with van der Waals surface area (Å²) in [4.78, 5) is 37.1. The van der Waals surface area contributed by atoms with Crippen LogP contribution in [0, 0.1) is 5.92 Å². The number of carboxylic acid groups (broad SMARTS) is 1. The molecule has 2 aromatic rings. The van der Waals surface area contributed by atoms with Gasteiger partial charge in [-0.1, -0.05) is 18.2 Å². The van der Waals surface area contributed by atoms with Crippen LogP contribution in [-0.4, -0.2) is 52.0 Å². The van der Waals surface area contributed by atoms with E-state index in [1.165, 1.54) is 11.8 Å². The van der Waals surface area contributed by atoms with E-state index in [9.17, 15) is 14.4 Å². The molecule has 26 heavy (non-hydrogen) atoms. The minimum atomic E-state index is -0.987. The number of nitrogens with zero attached hydrogens (tertiary/aromatic N) is 3. The van der Waals surface area contributed by atoms with Gasteiger partial charge in [0, 0.05) is 25.0 Å². The maximum absolute atomic E-state index is 12.7. The van der Waals surface area contributed by atoms with E-state index < -0.39 is 5.97 Å². The van der Waals surface area contributed by atoms with Crippen molar-refractivity contribution in [3.63, 3.8) is 0 Å². The van der Waals surface area contributed by atoms with Gasteiger partial charge in [-0.25, -0.2) is 9.48 Å². The minimum absolute atomic E-state index is 0.194. The number of carbonyl (C=O) groups excluding carboxylic acids is 1. The average Bonchev–Trinajstić information content (AvgIpc) is 2.65. The number of hydrogen-bond acceptors (Lipinski definition) is 5.